The van der Waals surface area contributed by atoms with Gasteiger partial charge in [0.1, 0.15) is 18.2 Å². The summed E-state index contributed by atoms with van der Waals surface area (Å²) < 4.78 is 20.9. The van der Waals surface area contributed by atoms with Crippen molar-refractivity contribution in [3.05, 3.63) is 89.6 Å². The molecule has 1 saturated carbocycles. The topological polar surface area (TPSA) is 59.3 Å². The monoisotopic (exact) mass is 515 g/mol. The highest BCUT2D eigenvalue weighted by Gasteiger charge is 2.41. The van der Waals surface area contributed by atoms with Gasteiger partial charge in [0, 0.05) is 41.3 Å². The zero-order chi connectivity index (χ0) is 26.6. The molecule has 2 aliphatic rings. The lowest BCUT2D eigenvalue weighted by Gasteiger charge is -2.36. The summed E-state index contributed by atoms with van der Waals surface area (Å²) in [7, 11) is 2.05. The average molecular weight is 516 g/mol. The lowest BCUT2D eigenvalue weighted by Crippen LogP contribution is -2.35. The van der Waals surface area contributed by atoms with E-state index in [1.807, 2.05) is 18.2 Å². The highest BCUT2D eigenvalue weighted by molar-refractivity contribution is 6.14. The zero-order valence-electron chi connectivity index (χ0n) is 22.4. The Balaban J connectivity index is 1.35. The molecule has 3 aromatic carbocycles. The van der Waals surface area contributed by atoms with Crippen LogP contribution in [0.1, 0.15) is 48.3 Å². The highest BCUT2D eigenvalue weighted by atomic mass is 16.7. The van der Waals surface area contributed by atoms with Gasteiger partial charge in [-0.1, -0.05) is 36.4 Å². The van der Waals surface area contributed by atoms with Crippen molar-refractivity contribution in [2.45, 2.75) is 44.3 Å². The fraction of sp³-hybridized carbons (Fsp3) is 0.294. The van der Waals surface area contributed by atoms with Crippen molar-refractivity contribution in [3.8, 4) is 28.5 Å². The summed E-state index contributed by atoms with van der Waals surface area (Å²) in [6.07, 6.45) is 6.16. The maximum atomic E-state index is 10.1. The van der Waals surface area contributed by atoms with Crippen molar-refractivity contribution < 1.29 is 18.5 Å². The third kappa shape index (κ3) is 3.95. The van der Waals surface area contributed by atoms with Crippen LogP contribution in [-0.2, 0) is 16.5 Å². The normalized spacial score (nSPS) is 18.6. The van der Waals surface area contributed by atoms with Gasteiger partial charge >= 0.3 is 0 Å². The summed E-state index contributed by atoms with van der Waals surface area (Å²) in [6, 6.07) is 25.5. The molecule has 5 aromatic rings. The fourth-order valence-corrected chi connectivity index (χ4v) is 6.65. The van der Waals surface area contributed by atoms with E-state index in [1.165, 1.54) is 5.56 Å². The standard InChI is InChI=1S/C34H31N2O3/c1-22-8-14-27-28-15-13-26(21-35)31(33(28)39-32(27)30(22)29-7-3-4-17-36(29)2)24-11-9-23(10-12-24)25-6-5-16-34(20-25)37-18-19-38-34/h3-4,7-15,17,25H,5-6,16,18-20H2,1-2H3/q+1. The summed E-state index contributed by atoms with van der Waals surface area (Å²) in [6.45, 7) is 3.49. The second-order valence-electron chi connectivity index (χ2n) is 10.9. The Kier molecular flexibility index (Phi) is 5.77. The molecule has 1 aliphatic heterocycles. The van der Waals surface area contributed by atoms with E-state index in [9.17, 15) is 5.26 Å². The summed E-state index contributed by atoms with van der Waals surface area (Å²) in [4.78, 5) is 0. The Hall–Kier alpha value is -3.98. The molecule has 0 radical (unpaired) electrons. The number of hydrogen-bond donors (Lipinski definition) is 0. The van der Waals surface area contributed by atoms with Crippen LogP contribution in [0, 0.1) is 18.3 Å². The number of benzene rings is 3. The number of nitriles is 1. The van der Waals surface area contributed by atoms with Crippen LogP contribution in [0.15, 0.2) is 77.3 Å². The number of aromatic nitrogens is 1. The van der Waals surface area contributed by atoms with Gasteiger partial charge in [-0.05, 0) is 60.6 Å². The minimum absolute atomic E-state index is 0.402. The number of furan rings is 1. The van der Waals surface area contributed by atoms with Gasteiger partial charge in [0.25, 0.3) is 0 Å². The van der Waals surface area contributed by atoms with Crippen molar-refractivity contribution in [2.24, 2.45) is 7.05 Å². The Morgan fingerprint density at radius 2 is 1.64 bits per heavy atom. The van der Waals surface area contributed by atoms with E-state index in [2.05, 4.69) is 79.3 Å². The molecule has 0 N–H and O–H groups in total. The Morgan fingerprint density at radius 1 is 0.897 bits per heavy atom. The lowest BCUT2D eigenvalue weighted by molar-refractivity contribution is -0.660. The predicted molar refractivity (Wildman–Crippen MR) is 151 cm³/mol. The van der Waals surface area contributed by atoms with E-state index in [4.69, 9.17) is 13.9 Å². The summed E-state index contributed by atoms with van der Waals surface area (Å²) >= 11 is 0. The van der Waals surface area contributed by atoms with Crippen LogP contribution in [0.4, 0.5) is 0 Å². The molecular formula is C34H31N2O3+. The molecular weight excluding hydrogens is 484 g/mol. The molecule has 1 aliphatic carbocycles. The zero-order valence-corrected chi connectivity index (χ0v) is 22.4. The molecule has 3 heterocycles. The van der Waals surface area contributed by atoms with E-state index < -0.39 is 5.79 Å². The molecule has 194 valence electrons. The van der Waals surface area contributed by atoms with Gasteiger partial charge in [-0.2, -0.15) is 5.26 Å². The van der Waals surface area contributed by atoms with Gasteiger partial charge in [-0.25, -0.2) is 4.57 Å². The molecule has 39 heavy (non-hydrogen) atoms. The number of fused-ring (bicyclic) bond motifs is 3. The van der Waals surface area contributed by atoms with Crippen molar-refractivity contribution in [1.29, 1.82) is 5.26 Å². The number of hydrogen-bond acceptors (Lipinski definition) is 4. The van der Waals surface area contributed by atoms with Crippen LogP contribution in [-0.4, -0.2) is 19.0 Å². The van der Waals surface area contributed by atoms with E-state index >= 15 is 0 Å². The molecule has 1 unspecified atom stereocenters. The highest BCUT2D eigenvalue weighted by Crippen LogP contribution is 2.45. The molecule has 5 nitrogen and oxygen atoms in total. The molecule has 7 rings (SSSR count). The number of aryl methyl sites for hydroxylation is 2. The quantitative estimate of drug-likeness (QED) is 0.236. The van der Waals surface area contributed by atoms with Crippen LogP contribution in [0.25, 0.3) is 44.3 Å². The fourth-order valence-electron chi connectivity index (χ4n) is 6.65. The largest absolute Gasteiger partial charge is 0.454 e. The number of nitrogens with zero attached hydrogens (tertiary/aromatic N) is 2. The predicted octanol–water partition coefficient (Wildman–Crippen LogP) is 7.33. The number of rotatable bonds is 3. The van der Waals surface area contributed by atoms with Crippen LogP contribution in [0.2, 0.25) is 0 Å². The van der Waals surface area contributed by atoms with Gasteiger partial charge in [0.05, 0.1) is 30.4 Å². The molecule has 2 aromatic heterocycles. The molecule has 2 fully saturated rings. The van der Waals surface area contributed by atoms with Crippen LogP contribution >= 0.6 is 0 Å². The van der Waals surface area contributed by atoms with Crippen LogP contribution in [0.5, 0.6) is 0 Å². The van der Waals surface area contributed by atoms with Gasteiger partial charge in [-0.15, -0.1) is 0 Å². The lowest BCUT2D eigenvalue weighted by atomic mass is 9.80. The van der Waals surface area contributed by atoms with Gasteiger partial charge < -0.3 is 13.9 Å². The smallest absolute Gasteiger partial charge is 0.216 e. The van der Waals surface area contributed by atoms with E-state index in [1.54, 1.807) is 0 Å². The first-order valence-electron chi connectivity index (χ1n) is 13.8. The second-order valence-corrected chi connectivity index (χ2v) is 10.9. The van der Waals surface area contributed by atoms with Crippen LogP contribution in [0.3, 0.4) is 0 Å². The van der Waals surface area contributed by atoms with E-state index in [-0.39, 0.29) is 0 Å². The van der Waals surface area contributed by atoms with Crippen molar-refractivity contribution in [1.82, 2.24) is 0 Å². The molecule has 0 amide bonds. The first kappa shape index (κ1) is 24.1. The summed E-state index contributed by atoms with van der Waals surface area (Å²) in [5, 5.41) is 12.2. The van der Waals surface area contributed by atoms with Gasteiger partial charge in [0.2, 0.25) is 5.69 Å². The minimum atomic E-state index is -0.402. The average Bonchev–Trinajstić information content (AvgIpc) is 3.57. The Morgan fingerprint density at radius 3 is 2.38 bits per heavy atom. The first-order chi connectivity index (χ1) is 19.1. The first-order valence-corrected chi connectivity index (χ1v) is 13.8. The second kappa shape index (κ2) is 9.34. The van der Waals surface area contributed by atoms with Crippen molar-refractivity contribution in [3.63, 3.8) is 0 Å². The third-order valence-electron chi connectivity index (χ3n) is 8.60. The number of pyridine rings is 1. The van der Waals surface area contributed by atoms with Crippen molar-refractivity contribution in [2.75, 3.05) is 13.2 Å². The molecule has 0 bridgehead atoms. The Labute approximate surface area is 228 Å². The maximum absolute atomic E-state index is 10.1. The van der Waals surface area contributed by atoms with Gasteiger partial charge in [-0.3, -0.25) is 0 Å². The maximum Gasteiger partial charge on any atom is 0.216 e. The summed E-state index contributed by atoms with van der Waals surface area (Å²) in [5.41, 5.74) is 8.67. The summed E-state index contributed by atoms with van der Waals surface area (Å²) in [5.74, 6) is 0.00110. The van der Waals surface area contributed by atoms with Crippen LogP contribution < -0.4 is 4.57 Å². The molecule has 1 atom stereocenters. The number of ether oxygens (including phenoxy) is 2. The van der Waals surface area contributed by atoms with E-state index in [0.717, 1.165) is 75.6 Å². The molecule has 5 heteroatoms. The molecule has 1 spiro atoms. The molecule has 1 saturated heterocycles. The SMILES string of the molecule is Cc1ccc2c(oc3c(-c4ccc(C5CCCC6(C5)OCCO6)cc4)c(C#N)ccc32)c1-c1cccc[n+]1C. The van der Waals surface area contributed by atoms with E-state index in [0.29, 0.717) is 24.7 Å². The minimum Gasteiger partial charge on any atom is -0.454 e. The third-order valence-corrected chi connectivity index (χ3v) is 8.60. The van der Waals surface area contributed by atoms with Gasteiger partial charge in [0.15, 0.2) is 12.0 Å². The Bertz CT molecular complexity index is 1750. The van der Waals surface area contributed by atoms with Crippen molar-refractivity contribution >= 4 is 21.9 Å².